The Bertz CT molecular complexity index is 679. The largest absolute Gasteiger partial charge is 0.265 e. The fraction of sp³-hybridized carbons (Fsp3) is 0.182. The predicted octanol–water partition coefficient (Wildman–Crippen LogP) is 1.67. The number of aromatic nitrogens is 2. The van der Waals surface area contributed by atoms with Crippen molar-refractivity contribution >= 4 is 15.8 Å². The first-order valence-electron chi connectivity index (χ1n) is 5.18. The molecule has 0 bridgehead atoms. The van der Waals surface area contributed by atoms with Crippen LogP contribution in [0, 0.1) is 12.7 Å². The van der Waals surface area contributed by atoms with Gasteiger partial charge in [-0.3, -0.25) is 9.40 Å². The summed E-state index contributed by atoms with van der Waals surface area (Å²) in [7, 11) is -2.34. The van der Waals surface area contributed by atoms with E-state index >= 15 is 0 Å². The molecular weight excluding hydrogens is 257 g/mol. The van der Waals surface area contributed by atoms with Crippen molar-refractivity contribution in [3.63, 3.8) is 0 Å². The topological polar surface area (TPSA) is 64.0 Å². The van der Waals surface area contributed by atoms with E-state index in [0.717, 1.165) is 6.07 Å². The number of nitrogens with zero attached hydrogens (tertiary/aromatic N) is 2. The van der Waals surface area contributed by atoms with E-state index in [4.69, 9.17) is 0 Å². The van der Waals surface area contributed by atoms with E-state index in [-0.39, 0.29) is 10.7 Å². The van der Waals surface area contributed by atoms with Gasteiger partial charge in [-0.05, 0) is 19.1 Å². The molecule has 0 atom stereocenters. The molecule has 0 saturated carbocycles. The van der Waals surface area contributed by atoms with Crippen LogP contribution in [0.5, 0.6) is 0 Å². The third-order valence-corrected chi connectivity index (χ3v) is 3.76. The lowest BCUT2D eigenvalue weighted by molar-refractivity contribution is 0.570. The lowest BCUT2D eigenvalue weighted by Crippen LogP contribution is -2.16. The Balaban J connectivity index is 2.39. The molecule has 0 aliphatic heterocycles. The molecule has 1 aromatic heterocycles. The van der Waals surface area contributed by atoms with Gasteiger partial charge in [-0.25, -0.2) is 12.8 Å². The van der Waals surface area contributed by atoms with Crippen molar-refractivity contribution in [1.29, 1.82) is 0 Å². The van der Waals surface area contributed by atoms with E-state index in [1.807, 2.05) is 0 Å². The van der Waals surface area contributed by atoms with Gasteiger partial charge in [0.25, 0.3) is 10.0 Å². The van der Waals surface area contributed by atoms with Crippen LogP contribution in [0.2, 0.25) is 0 Å². The van der Waals surface area contributed by atoms with Gasteiger partial charge in [0.1, 0.15) is 16.5 Å². The summed E-state index contributed by atoms with van der Waals surface area (Å²) in [4.78, 5) is -0.385. The van der Waals surface area contributed by atoms with Crippen LogP contribution in [0.25, 0.3) is 0 Å². The second-order valence-electron chi connectivity index (χ2n) is 3.83. The lowest BCUT2D eigenvalue weighted by Gasteiger charge is -2.08. The van der Waals surface area contributed by atoms with Gasteiger partial charge >= 0.3 is 0 Å². The molecule has 0 aliphatic rings. The van der Waals surface area contributed by atoms with E-state index in [2.05, 4.69) is 9.82 Å². The number of halogens is 1. The molecule has 0 spiro atoms. The molecule has 0 unspecified atom stereocenters. The summed E-state index contributed by atoms with van der Waals surface area (Å²) in [5, 5.41) is 4.01. The highest BCUT2D eigenvalue weighted by Crippen LogP contribution is 2.18. The number of hydrogen-bond acceptors (Lipinski definition) is 3. The van der Waals surface area contributed by atoms with Crippen molar-refractivity contribution in [2.24, 2.45) is 7.05 Å². The van der Waals surface area contributed by atoms with Crippen molar-refractivity contribution in [3.05, 3.63) is 41.8 Å². The Labute approximate surface area is 104 Å². The van der Waals surface area contributed by atoms with E-state index in [0.29, 0.717) is 5.69 Å². The molecule has 0 radical (unpaired) electrons. The zero-order valence-corrected chi connectivity index (χ0v) is 10.7. The minimum absolute atomic E-state index is 0.288. The van der Waals surface area contributed by atoms with E-state index < -0.39 is 15.8 Å². The Morgan fingerprint density at radius 3 is 2.56 bits per heavy atom. The second kappa shape index (κ2) is 4.41. The van der Waals surface area contributed by atoms with Crippen LogP contribution >= 0.6 is 0 Å². The number of rotatable bonds is 3. The van der Waals surface area contributed by atoms with Crippen LogP contribution in [0.3, 0.4) is 0 Å². The molecule has 0 saturated heterocycles. The molecule has 0 fully saturated rings. The predicted molar refractivity (Wildman–Crippen MR) is 65.2 cm³/mol. The second-order valence-corrected chi connectivity index (χ2v) is 5.48. The van der Waals surface area contributed by atoms with Gasteiger partial charge in [0.15, 0.2) is 0 Å². The fourth-order valence-corrected chi connectivity index (χ4v) is 2.72. The zero-order valence-electron chi connectivity index (χ0n) is 9.88. The Morgan fingerprint density at radius 1 is 1.33 bits per heavy atom. The molecule has 1 aromatic carbocycles. The Morgan fingerprint density at radius 2 is 2.00 bits per heavy atom. The molecule has 1 N–H and O–H groups in total. The Kier molecular flexibility index (Phi) is 3.08. The molecule has 2 rings (SSSR count). The summed E-state index contributed by atoms with van der Waals surface area (Å²) >= 11 is 0. The number of aryl methyl sites for hydroxylation is 2. The van der Waals surface area contributed by atoms with Gasteiger partial charge in [-0.15, -0.1) is 0 Å². The fourth-order valence-electron chi connectivity index (χ4n) is 1.56. The summed E-state index contributed by atoms with van der Waals surface area (Å²) in [6.45, 7) is 1.74. The average Bonchev–Trinajstić information content (AvgIpc) is 2.57. The maximum absolute atomic E-state index is 13.5. The summed E-state index contributed by atoms with van der Waals surface area (Å²) in [5.74, 6) is -0.500. The van der Waals surface area contributed by atoms with Crippen LogP contribution in [-0.4, -0.2) is 18.2 Å². The molecule has 0 aliphatic carbocycles. The van der Waals surface area contributed by atoms with Gasteiger partial charge in [-0.1, -0.05) is 12.1 Å². The minimum atomic E-state index is -3.94. The third-order valence-electron chi connectivity index (χ3n) is 2.37. The summed E-state index contributed by atoms with van der Waals surface area (Å²) in [6.07, 6.45) is 0. The normalized spacial score (nSPS) is 11.5. The highest BCUT2D eigenvalue weighted by Gasteiger charge is 2.19. The van der Waals surface area contributed by atoms with Crippen LogP contribution in [0.15, 0.2) is 35.2 Å². The molecule has 7 heteroatoms. The average molecular weight is 269 g/mol. The van der Waals surface area contributed by atoms with Crippen LogP contribution < -0.4 is 4.72 Å². The zero-order chi connectivity index (χ0) is 13.3. The number of benzene rings is 1. The van der Waals surface area contributed by atoms with Gasteiger partial charge < -0.3 is 0 Å². The van der Waals surface area contributed by atoms with Crippen molar-refractivity contribution in [1.82, 2.24) is 9.78 Å². The first kappa shape index (κ1) is 12.6. The molecule has 96 valence electrons. The lowest BCUT2D eigenvalue weighted by atomic mass is 10.4. The monoisotopic (exact) mass is 269 g/mol. The van der Waals surface area contributed by atoms with Crippen LogP contribution in [-0.2, 0) is 17.1 Å². The smallest absolute Gasteiger partial charge is 0.263 e. The van der Waals surface area contributed by atoms with Gasteiger partial charge in [0, 0.05) is 13.1 Å². The summed E-state index contributed by atoms with van der Waals surface area (Å²) < 4.78 is 41.1. The Hall–Kier alpha value is -1.89. The van der Waals surface area contributed by atoms with Crippen LogP contribution in [0.4, 0.5) is 10.2 Å². The number of anilines is 1. The molecule has 2 aromatic rings. The maximum atomic E-state index is 13.5. The number of hydrogen-bond donors (Lipinski definition) is 1. The SMILES string of the molecule is Cc1cc(NS(=O)(=O)c2ccccc2F)n(C)n1. The molecule has 0 amide bonds. The first-order chi connectivity index (χ1) is 8.40. The third kappa shape index (κ3) is 2.35. The number of sulfonamides is 1. The van der Waals surface area contributed by atoms with Gasteiger partial charge in [0.2, 0.25) is 0 Å². The summed E-state index contributed by atoms with van der Waals surface area (Å²) in [6, 6.07) is 6.77. The van der Waals surface area contributed by atoms with E-state index in [9.17, 15) is 12.8 Å². The molecule has 1 heterocycles. The maximum Gasteiger partial charge on any atom is 0.265 e. The van der Waals surface area contributed by atoms with Crippen molar-refractivity contribution in [3.8, 4) is 0 Å². The van der Waals surface area contributed by atoms with Crippen LogP contribution in [0.1, 0.15) is 5.69 Å². The summed E-state index contributed by atoms with van der Waals surface area (Å²) in [5.41, 5.74) is 0.670. The highest BCUT2D eigenvalue weighted by atomic mass is 32.2. The van der Waals surface area contributed by atoms with E-state index in [1.54, 1.807) is 20.0 Å². The van der Waals surface area contributed by atoms with Crippen molar-refractivity contribution in [2.45, 2.75) is 11.8 Å². The van der Waals surface area contributed by atoms with Gasteiger partial charge in [-0.2, -0.15) is 5.10 Å². The highest BCUT2D eigenvalue weighted by molar-refractivity contribution is 7.92. The molecule has 18 heavy (non-hydrogen) atoms. The first-order valence-corrected chi connectivity index (χ1v) is 6.66. The van der Waals surface area contributed by atoms with Crippen molar-refractivity contribution in [2.75, 3.05) is 4.72 Å². The van der Waals surface area contributed by atoms with E-state index in [1.165, 1.54) is 22.9 Å². The van der Waals surface area contributed by atoms with Crippen molar-refractivity contribution < 1.29 is 12.8 Å². The minimum Gasteiger partial charge on any atom is -0.263 e. The number of nitrogens with one attached hydrogen (secondary N) is 1. The quantitative estimate of drug-likeness (QED) is 0.921. The molecule has 5 nitrogen and oxygen atoms in total. The standard InChI is InChI=1S/C11H12FN3O2S/c1-8-7-11(15(2)13-8)14-18(16,17)10-6-4-3-5-9(10)12/h3-7,14H,1-2H3. The molecular formula is C11H12FN3O2S. The van der Waals surface area contributed by atoms with Gasteiger partial charge in [0.05, 0.1) is 5.69 Å².